The van der Waals surface area contributed by atoms with Crippen LogP contribution in [0.2, 0.25) is 5.02 Å². The van der Waals surface area contributed by atoms with Gasteiger partial charge in [0, 0.05) is 22.5 Å². The number of rotatable bonds is 9. The second-order valence-electron chi connectivity index (χ2n) is 9.02. The fraction of sp³-hybridized carbons (Fsp3) is 0.161. The maximum absolute atomic E-state index is 13.2. The number of carbonyl (C=O) groups is 2. The number of carbonyl (C=O) groups excluding carboxylic acids is 2. The number of benzene rings is 4. The van der Waals surface area contributed by atoms with Crippen LogP contribution in [0.5, 0.6) is 17.2 Å². The fourth-order valence-electron chi connectivity index (χ4n) is 4.13. The number of halogens is 4. The number of nitrogens with one attached hydrogen (secondary N) is 2. The zero-order valence-corrected chi connectivity index (χ0v) is 23.9. The quantitative estimate of drug-likeness (QED) is 0.186. The number of hydrogen-bond acceptors (Lipinski definition) is 6. The lowest BCUT2D eigenvalue weighted by Gasteiger charge is -2.22. The molecule has 0 aliphatic heterocycles. The Kier molecular flexibility index (Phi) is 9.66. The third kappa shape index (κ3) is 7.69. The van der Waals surface area contributed by atoms with Crippen molar-refractivity contribution in [2.24, 2.45) is 0 Å². The number of urea groups is 1. The van der Waals surface area contributed by atoms with Gasteiger partial charge in [0.2, 0.25) is 0 Å². The standard InChI is InChI=1S/C31H26ClF3N2O6/c1-40-26-15-13-23(17-27(26)41-2)37-30(39)36-22-12-14-25(24(16-22)29(38)42-3)43-28(19-6-10-21(32)11-7-19)18-4-8-20(9-5-18)31(33,34)35/h4-17,28H,1-3H3,(H2,36,37,39). The molecule has 224 valence electrons. The normalized spacial score (nSPS) is 11.7. The Morgan fingerprint density at radius 1 is 0.721 bits per heavy atom. The van der Waals surface area contributed by atoms with E-state index in [0.29, 0.717) is 33.3 Å². The first-order chi connectivity index (χ1) is 20.5. The Morgan fingerprint density at radius 2 is 1.26 bits per heavy atom. The van der Waals surface area contributed by atoms with Crippen molar-refractivity contribution in [3.63, 3.8) is 0 Å². The summed E-state index contributed by atoms with van der Waals surface area (Å²) in [5.41, 5.74) is 0.772. The topological polar surface area (TPSA) is 95.1 Å². The van der Waals surface area contributed by atoms with Gasteiger partial charge < -0.3 is 29.6 Å². The summed E-state index contributed by atoms with van der Waals surface area (Å²) in [6, 6.07) is 19.6. The molecule has 0 fully saturated rings. The lowest BCUT2D eigenvalue weighted by Crippen LogP contribution is -2.20. The SMILES string of the molecule is COC(=O)c1cc(NC(=O)Nc2ccc(OC)c(OC)c2)ccc1OC(c1ccc(Cl)cc1)c1ccc(C(F)(F)F)cc1. The summed E-state index contributed by atoms with van der Waals surface area (Å²) in [6.07, 6.45) is -5.43. The van der Waals surface area contributed by atoms with E-state index in [-0.39, 0.29) is 17.0 Å². The molecule has 0 aliphatic rings. The molecule has 2 N–H and O–H groups in total. The summed E-state index contributed by atoms with van der Waals surface area (Å²) in [5, 5.41) is 5.76. The largest absolute Gasteiger partial charge is 0.493 e. The van der Waals surface area contributed by atoms with E-state index in [1.807, 2.05) is 0 Å². The van der Waals surface area contributed by atoms with Crippen LogP contribution in [0, 0.1) is 0 Å². The predicted molar refractivity (Wildman–Crippen MR) is 155 cm³/mol. The van der Waals surface area contributed by atoms with Crippen molar-refractivity contribution in [2.45, 2.75) is 12.3 Å². The highest BCUT2D eigenvalue weighted by Crippen LogP contribution is 2.35. The second kappa shape index (κ2) is 13.4. The first-order valence-electron chi connectivity index (χ1n) is 12.6. The number of anilines is 2. The highest BCUT2D eigenvalue weighted by Gasteiger charge is 2.31. The maximum Gasteiger partial charge on any atom is 0.416 e. The van der Waals surface area contributed by atoms with Gasteiger partial charge >= 0.3 is 18.2 Å². The molecule has 0 spiro atoms. The third-order valence-corrected chi connectivity index (χ3v) is 6.49. The first kappa shape index (κ1) is 31.0. The van der Waals surface area contributed by atoms with E-state index >= 15 is 0 Å². The van der Waals surface area contributed by atoms with E-state index < -0.39 is 29.8 Å². The third-order valence-electron chi connectivity index (χ3n) is 6.24. The summed E-state index contributed by atoms with van der Waals surface area (Å²) in [6.45, 7) is 0. The Bertz CT molecular complexity index is 1600. The van der Waals surface area contributed by atoms with Crippen LogP contribution in [-0.2, 0) is 10.9 Å². The molecule has 12 heteroatoms. The van der Waals surface area contributed by atoms with Crippen molar-refractivity contribution in [1.29, 1.82) is 0 Å². The second-order valence-corrected chi connectivity index (χ2v) is 9.46. The van der Waals surface area contributed by atoms with Crippen LogP contribution < -0.4 is 24.8 Å². The van der Waals surface area contributed by atoms with Crippen molar-refractivity contribution in [3.8, 4) is 17.2 Å². The van der Waals surface area contributed by atoms with Gasteiger partial charge in [0.05, 0.1) is 26.9 Å². The van der Waals surface area contributed by atoms with Crippen LogP contribution in [0.3, 0.4) is 0 Å². The number of methoxy groups -OCH3 is 3. The van der Waals surface area contributed by atoms with Crippen molar-refractivity contribution in [3.05, 3.63) is 112 Å². The van der Waals surface area contributed by atoms with E-state index in [1.165, 1.54) is 51.7 Å². The van der Waals surface area contributed by atoms with Gasteiger partial charge in [-0.1, -0.05) is 35.9 Å². The summed E-state index contributed by atoms with van der Waals surface area (Å²) >= 11 is 6.04. The highest BCUT2D eigenvalue weighted by atomic mass is 35.5. The van der Waals surface area contributed by atoms with E-state index in [2.05, 4.69) is 10.6 Å². The zero-order chi connectivity index (χ0) is 31.1. The average molecular weight is 615 g/mol. The summed E-state index contributed by atoms with van der Waals surface area (Å²) in [7, 11) is 4.14. The number of esters is 1. The van der Waals surface area contributed by atoms with Gasteiger partial charge in [-0.15, -0.1) is 0 Å². The minimum atomic E-state index is -4.51. The Labute approximate surface area is 250 Å². The van der Waals surface area contributed by atoms with Crippen molar-refractivity contribution >= 4 is 35.0 Å². The van der Waals surface area contributed by atoms with Gasteiger partial charge in [-0.3, -0.25) is 0 Å². The van der Waals surface area contributed by atoms with E-state index in [4.69, 9.17) is 30.5 Å². The summed E-state index contributed by atoms with van der Waals surface area (Å²) < 4.78 is 61.2. The molecule has 0 radical (unpaired) electrons. The van der Waals surface area contributed by atoms with Crippen molar-refractivity contribution in [1.82, 2.24) is 0 Å². The molecule has 0 heterocycles. The fourth-order valence-corrected chi connectivity index (χ4v) is 4.25. The number of amides is 2. The molecule has 2 amide bonds. The zero-order valence-electron chi connectivity index (χ0n) is 23.1. The first-order valence-corrected chi connectivity index (χ1v) is 13.0. The van der Waals surface area contributed by atoms with E-state index in [1.54, 1.807) is 42.5 Å². The Morgan fingerprint density at radius 3 is 1.79 bits per heavy atom. The lowest BCUT2D eigenvalue weighted by molar-refractivity contribution is -0.137. The molecule has 0 aliphatic carbocycles. The Hall–Kier alpha value is -4.90. The highest BCUT2D eigenvalue weighted by molar-refractivity contribution is 6.30. The summed E-state index contributed by atoms with van der Waals surface area (Å²) in [4.78, 5) is 25.5. The predicted octanol–water partition coefficient (Wildman–Crippen LogP) is 7.98. The van der Waals surface area contributed by atoms with Crippen molar-refractivity contribution in [2.75, 3.05) is 32.0 Å². The Balaban J connectivity index is 1.62. The van der Waals surface area contributed by atoms with Gasteiger partial charge in [0.15, 0.2) is 11.5 Å². The molecule has 0 saturated heterocycles. The number of ether oxygens (including phenoxy) is 4. The molecule has 1 atom stereocenters. The van der Waals surface area contributed by atoms with Crippen LogP contribution in [0.1, 0.15) is 33.2 Å². The molecular weight excluding hydrogens is 589 g/mol. The molecular formula is C31H26ClF3N2O6. The lowest BCUT2D eigenvalue weighted by atomic mass is 9.99. The van der Waals surface area contributed by atoms with Crippen LogP contribution >= 0.6 is 11.6 Å². The van der Waals surface area contributed by atoms with Crippen LogP contribution in [0.4, 0.5) is 29.3 Å². The molecule has 0 aromatic heterocycles. The van der Waals surface area contributed by atoms with Crippen LogP contribution in [0.15, 0.2) is 84.9 Å². The summed E-state index contributed by atoms with van der Waals surface area (Å²) in [5.74, 6) is 0.205. The molecule has 4 rings (SSSR count). The molecule has 4 aromatic rings. The van der Waals surface area contributed by atoms with Crippen LogP contribution in [0.25, 0.3) is 0 Å². The molecule has 1 unspecified atom stereocenters. The van der Waals surface area contributed by atoms with Gasteiger partial charge in [0.25, 0.3) is 0 Å². The van der Waals surface area contributed by atoms with Gasteiger partial charge in [0.1, 0.15) is 17.4 Å². The number of alkyl halides is 3. The minimum absolute atomic E-state index is 0.0303. The van der Waals surface area contributed by atoms with E-state index in [0.717, 1.165) is 12.1 Å². The smallest absolute Gasteiger partial charge is 0.416 e. The van der Waals surface area contributed by atoms with Gasteiger partial charge in [-0.2, -0.15) is 13.2 Å². The molecule has 0 bridgehead atoms. The molecule has 8 nitrogen and oxygen atoms in total. The van der Waals surface area contributed by atoms with Crippen LogP contribution in [-0.4, -0.2) is 33.3 Å². The maximum atomic E-state index is 13.2. The number of hydrogen-bond donors (Lipinski definition) is 2. The van der Waals surface area contributed by atoms with Gasteiger partial charge in [-0.05, 0) is 65.7 Å². The van der Waals surface area contributed by atoms with Crippen molar-refractivity contribution < 1.29 is 41.7 Å². The monoisotopic (exact) mass is 614 g/mol. The molecule has 0 saturated carbocycles. The average Bonchev–Trinajstić information content (AvgIpc) is 3.00. The minimum Gasteiger partial charge on any atom is -0.493 e. The molecule has 43 heavy (non-hydrogen) atoms. The van der Waals surface area contributed by atoms with E-state index in [9.17, 15) is 22.8 Å². The van der Waals surface area contributed by atoms with Gasteiger partial charge in [-0.25, -0.2) is 9.59 Å². The molecule has 4 aromatic carbocycles.